The van der Waals surface area contributed by atoms with Crippen LogP contribution in [0.4, 0.5) is 0 Å². The highest BCUT2D eigenvalue weighted by molar-refractivity contribution is 6.02. The number of amides is 1. The van der Waals surface area contributed by atoms with Gasteiger partial charge >= 0.3 is 0 Å². The monoisotopic (exact) mass is 362 g/mol. The van der Waals surface area contributed by atoms with E-state index in [9.17, 15) is 9.59 Å². The summed E-state index contributed by atoms with van der Waals surface area (Å²) in [5.41, 5.74) is 3.24. The van der Waals surface area contributed by atoms with Crippen molar-refractivity contribution in [2.75, 3.05) is 0 Å². The number of benzene rings is 2. The van der Waals surface area contributed by atoms with Crippen LogP contribution in [0.15, 0.2) is 54.6 Å². The van der Waals surface area contributed by atoms with Crippen LogP contribution in [0.1, 0.15) is 44.6 Å². The first-order chi connectivity index (χ1) is 13.0. The van der Waals surface area contributed by atoms with Crippen molar-refractivity contribution in [1.82, 2.24) is 10.3 Å². The Hall–Kier alpha value is -3.34. The van der Waals surface area contributed by atoms with Gasteiger partial charge in [0.1, 0.15) is 17.2 Å². The zero-order valence-corrected chi connectivity index (χ0v) is 15.6. The molecule has 27 heavy (non-hydrogen) atoms. The van der Waals surface area contributed by atoms with Gasteiger partial charge in [-0.3, -0.25) is 9.59 Å². The van der Waals surface area contributed by atoms with E-state index in [1.165, 1.54) is 6.92 Å². The van der Waals surface area contributed by atoms with Crippen LogP contribution < -0.4 is 10.1 Å². The van der Waals surface area contributed by atoms with E-state index in [4.69, 9.17) is 4.74 Å². The smallest absolute Gasteiger partial charge is 0.268 e. The average molecular weight is 362 g/mol. The highest BCUT2D eigenvalue weighted by atomic mass is 16.5. The number of aromatic nitrogens is 1. The van der Waals surface area contributed by atoms with Crippen LogP contribution >= 0.6 is 0 Å². The molecule has 1 amide bonds. The summed E-state index contributed by atoms with van der Waals surface area (Å²) in [7, 11) is 0. The molecule has 3 aromatic rings. The van der Waals surface area contributed by atoms with Crippen LogP contribution in [-0.2, 0) is 6.54 Å². The summed E-state index contributed by atoms with van der Waals surface area (Å²) >= 11 is 0. The Bertz CT molecular complexity index is 974. The lowest BCUT2D eigenvalue weighted by Gasteiger charge is -2.12. The molecule has 0 spiro atoms. The minimum atomic E-state index is -0.252. The van der Waals surface area contributed by atoms with Crippen molar-refractivity contribution in [1.29, 1.82) is 0 Å². The van der Waals surface area contributed by atoms with Gasteiger partial charge in [-0.25, -0.2) is 0 Å². The number of aryl methyl sites for hydroxylation is 1. The topological polar surface area (TPSA) is 71.2 Å². The average Bonchev–Trinajstić information content (AvgIpc) is 2.96. The third kappa shape index (κ3) is 4.08. The second-order valence-corrected chi connectivity index (χ2v) is 6.39. The number of ketones is 1. The maximum Gasteiger partial charge on any atom is 0.268 e. The summed E-state index contributed by atoms with van der Waals surface area (Å²) in [5, 5.41) is 2.90. The second kappa shape index (κ2) is 7.91. The van der Waals surface area contributed by atoms with E-state index in [0.717, 1.165) is 11.3 Å². The van der Waals surface area contributed by atoms with E-state index in [0.29, 0.717) is 34.8 Å². The van der Waals surface area contributed by atoms with Crippen molar-refractivity contribution in [2.24, 2.45) is 0 Å². The first-order valence-corrected chi connectivity index (χ1v) is 8.76. The van der Waals surface area contributed by atoms with E-state index in [1.807, 2.05) is 54.6 Å². The standard InChI is InChI=1S/C22H22N2O3/c1-14-20(16(3)25)15(2)24-21(14)22(26)23-13-17-9-7-8-12-19(17)27-18-10-5-4-6-11-18/h4-12,24H,13H2,1-3H3,(H,23,26). The number of carbonyl (C=O) groups excluding carboxylic acids is 2. The molecule has 0 fully saturated rings. The summed E-state index contributed by atoms with van der Waals surface area (Å²) in [6.45, 7) is 5.39. The van der Waals surface area contributed by atoms with Crippen LogP contribution in [-0.4, -0.2) is 16.7 Å². The number of rotatable bonds is 6. The molecular weight excluding hydrogens is 340 g/mol. The lowest BCUT2D eigenvalue weighted by atomic mass is 10.1. The molecule has 0 atom stereocenters. The lowest BCUT2D eigenvalue weighted by Crippen LogP contribution is -2.24. The number of carbonyl (C=O) groups is 2. The normalized spacial score (nSPS) is 10.5. The molecule has 5 heteroatoms. The molecule has 0 radical (unpaired) electrons. The summed E-state index contributed by atoms with van der Waals surface area (Å²) < 4.78 is 5.92. The van der Waals surface area contributed by atoms with Gasteiger partial charge in [-0.15, -0.1) is 0 Å². The molecule has 1 heterocycles. The maximum absolute atomic E-state index is 12.6. The quantitative estimate of drug-likeness (QED) is 0.632. The molecule has 3 rings (SSSR count). The van der Waals surface area contributed by atoms with E-state index < -0.39 is 0 Å². The maximum atomic E-state index is 12.6. The zero-order chi connectivity index (χ0) is 19.4. The van der Waals surface area contributed by atoms with Crippen molar-refractivity contribution >= 4 is 11.7 Å². The van der Waals surface area contributed by atoms with Crippen molar-refractivity contribution < 1.29 is 14.3 Å². The fraction of sp³-hybridized carbons (Fsp3) is 0.182. The molecule has 0 unspecified atom stereocenters. The van der Waals surface area contributed by atoms with Crippen LogP contribution in [0.25, 0.3) is 0 Å². The molecule has 0 saturated carbocycles. The van der Waals surface area contributed by atoms with Gasteiger partial charge in [0.15, 0.2) is 5.78 Å². The number of hydrogen-bond acceptors (Lipinski definition) is 3. The molecule has 0 aliphatic heterocycles. The van der Waals surface area contributed by atoms with E-state index in [1.54, 1.807) is 13.8 Å². The Morgan fingerprint density at radius 3 is 2.33 bits per heavy atom. The molecule has 138 valence electrons. The predicted molar refractivity (Wildman–Crippen MR) is 104 cm³/mol. The minimum absolute atomic E-state index is 0.0538. The van der Waals surface area contributed by atoms with E-state index >= 15 is 0 Å². The molecule has 0 aliphatic carbocycles. The summed E-state index contributed by atoms with van der Waals surface area (Å²) in [4.78, 5) is 27.4. The summed E-state index contributed by atoms with van der Waals surface area (Å²) in [6.07, 6.45) is 0. The van der Waals surface area contributed by atoms with Crippen LogP contribution in [0.2, 0.25) is 0 Å². The third-order valence-corrected chi connectivity index (χ3v) is 4.40. The van der Waals surface area contributed by atoms with Gasteiger partial charge in [0.25, 0.3) is 5.91 Å². The molecule has 0 bridgehead atoms. The van der Waals surface area contributed by atoms with Crippen LogP contribution in [0.5, 0.6) is 11.5 Å². The molecule has 0 aliphatic rings. The minimum Gasteiger partial charge on any atom is -0.457 e. The second-order valence-electron chi connectivity index (χ2n) is 6.39. The van der Waals surface area contributed by atoms with Crippen molar-refractivity contribution in [3.05, 3.63) is 82.7 Å². The molecule has 5 nitrogen and oxygen atoms in total. The largest absolute Gasteiger partial charge is 0.457 e. The first-order valence-electron chi connectivity index (χ1n) is 8.76. The Balaban J connectivity index is 1.75. The molecule has 2 aromatic carbocycles. The summed E-state index contributed by atoms with van der Waals surface area (Å²) in [6, 6.07) is 17.1. The Labute approximate surface area is 158 Å². The number of hydrogen-bond donors (Lipinski definition) is 2. The zero-order valence-electron chi connectivity index (χ0n) is 15.6. The van der Waals surface area contributed by atoms with Gasteiger partial charge in [-0.2, -0.15) is 0 Å². The Kier molecular flexibility index (Phi) is 5.41. The number of ether oxygens (including phenoxy) is 1. The van der Waals surface area contributed by atoms with Crippen molar-refractivity contribution in [2.45, 2.75) is 27.3 Å². The number of H-pyrrole nitrogens is 1. The van der Waals surface area contributed by atoms with E-state index in [-0.39, 0.29) is 11.7 Å². The number of aromatic amines is 1. The van der Waals surface area contributed by atoms with Gasteiger partial charge < -0.3 is 15.0 Å². The highest BCUT2D eigenvalue weighted by Gasteiger charge is 2.19. The molecule has 2 N–H and O–H groups in total. The van der Waals surface area contributed by atoms with Gasteiger partial charge in [-0.05, 0) is 44.5 Å². The van der Waals surface area contributed by atoms with Gasteiger partial charge in [0, 0.05) is 23.4 Å². The Morgan fingerprint density at radius 1 is 1.00 bits per heavy atom. The number of nitrogens with one attached hydrogen (secondary N) is 2. The van der Waals surface area contributed by atoms with Crippen LogP contribution in [0.3, 0.4) is 0 Å². The van der Waals surface area contributed by atoms with Gasteiger partial charge in [0.2, 0.25) is 0 Å². The predicted octanol–water partition coefficient (Wildman–Crippen LogP) is 4.56. The molecule has 1 aromatic heterocycles. The first kappa shape index (κ1) is 18.5. The summed E-state index contributed by atoms with van der Waals surface area (Å²) in [5.74, 6) is 1.12. The Morgan fingerprint density at radius 2 is 1.67 bits per heavy atom. The lowest BCUT2D eigenvalue weighted by molar-refractivity contribution is 0.0945. The van der Waals surface area contributed by atoms with Crippen LogP contribution in [0, 0.1) is 13.8 Å². The fourth-order valence-corrected chi connectivity index (χ4v) is 3.13. The van der Waals surface area contributed by atoms with Gasteiger partial charge in [-0.1, -0.05) is 36.4 Å². The fourth-order valence-electron chi connectivity index (χ4n) is 3.13. The van der Waals surface area contributed by atoms with E-state index in [2.05, 4.69) is 10.3 Å². The van der Waals surface area contributed by atoms with Gasteiger partial charge in [0.05, 0.1) is 0 Å². The SMILES string of the molecule is CC(=O)c1c(C)[nH]c(C(=O)NCc2ccccc2Oc2ccccc2)c1C. The molecular formula is C22H22N2O3. The van der Waals surface area contributed by atoms with Crippen molar-refractivity contribution in [3.8, 4) is 11.5 Å². The highest BCUT2D eigenvalue weighted by Crippen LogP contribution is 2.25. The molecule has 0 saturated heterocycles. The number of Topliss-reactive ketones (excluding diaryl/α,β-unsaturated/α-hetero) is 1. The third-order valence-electron chi connectivity index (χ3n) is 4.40. The number of para-hydroxylation sites is 2. The van der Waals surface area contributed by atoms with Crippen molar-refractivity contribution in [3.63, 3.8) is 0 Å².